The Kier molecular flexibility index (Phi) is 34.1. The number of anilines is 1. The molecule has 2 aromatic carbocycles. The Morgan fingerprint density at radius 3 is 1.81 bits per heavy atom. The monoisotopic (exact) mass is 1370 g/mol. The van der Waals surface area contributed by atoms with Gasteiger partial charge >= 0.3 is 6.03 Å². The highest BCUT2D eigenvalue weighted by molar-refractivity contribution is 5.99. The Hall–Kier alpha value is -7.71. The van der Waals surface area contributed by atoms with E-state index in [0.29, 0.717) is 63.0 Å². The van der Waals surface area contributed by atoms with Gasteiger partial charge in [-0.2, -0.15) is 0 Å². The number of hydrogen-bond donors (Lipinski definition) is 8. The summed E-state index contributed by atoms with van der Waals surface area (Å²) in [6.07, 6.45) is 1.57. The molecule has 4 rings (SSSR count). The molecule has 2 aliphatic heterocycles. The van der Waals surface area contributed by atoms with Gasteiger partial charge in [-0.3, -0.25) is 52.8 Å². The van der Waals surface area contributed by atoms with Crippen LogP contribution >= 0.6 is 0 Å². The molecule has 26 heteroatoms. The van der Waals surface area contributed by atoms with E-state index in [1.54, 1.807) is 73.8 Å². The van der Waals surface area contributed by atoms with Gasteiger partial charge in [0, 0.05) is 97.9 Å². The van der Waals surface area contributed by atoms with Crippen LogP contribution in [0.5, 0.6) is 0 Å². The van der Waals surface area contributed by atoms with Crippen LogP contribution in [-0.4, -0.2) is 219 Å². The van der Waals surface area contributed by atoms with Gasteiger partial charge in [-0.1, -0.05) is 111 Å². The van der Waals surface area contributed by atoms with Gasteiger partial charge in [-0.05, 0) is 113 Å². The summed E-state index contributed by atoms with van der Waals surface area (Å²) in [4.78, 5) is 159. The van der Waals surface area contributed by atoms with Crippen molar-refractivity contribution in [3.8, 4) is 0 Å². The van der Waals surface area contributed by atoms with Crippen LogP contribution in [0.25, 0.3) is 0 Å². The zero-order valence-electron chi connectivity index (χ0n) is 61.4. The van der Waals surface area contributed by atoms with Crippen molar-refractivity contribution in [1.29, 1.82) is 0 Å². The van der Waals surface area contributed by atoms with Gasteiger partial charge in [-0.15, -0.1) is 0 Å². The van der Waals surface area contributed by atoms with E-state index in [-0.39, 0.29) is 117 Å². The molecule has 2 saturated heterocycles. The summed E-state index contributed by atoms with van der Waals surface area (Å²) in [6, 6.07) is 9.76. The Morgan fingerprint density at radius 1 is 0.633 bits per heavy atom. The number of ether oxygens (including phenoxy) is 2. The Bertz CT molecular complexity index is 2930. The van der Waals surface area contributed by atoms with E-state index >= 15 is 0 Å². The molecule has 0 spiro atoms. The third-order valence-electron chi connectivity index (χ3n) is 18.9. The lowest BCUT2D eigenvalue weighted by atomic mass is 9.89. The first-order valence-corrected chi connectivity index (χ1v) is 35.0. The second-order valence-corrected chi connectivity index (χ2v) is 28.2. The molecule has 2 heterocycles. The van der Waals surface area contributed by atoms with Crippen molar-refractivity contribution >= 4 is 70.8 Å². The molecule has 548 valence electrons. The third-order valence-corrected chi connectivity index (χ3v) is 18.9. The van der Waals surface area contributed by atoms with Crippen molar-refractivity contribution in [2.24, 2.45) is 41.2 Å². The summed E-state index contributed by atoms with van der Waals surface area (Å²) in [6.45, 7) is 22.1. The molecule has 2 aliphatic rings. The smallest absolute Gasteiger partial charge is 0.312 e. The van der Waals surface area contributed by atoms with E-state index in [1.807, 2.05) is 105 Å². The van der Waals surface area contributed by atoms with Crippen molar-refractivity contribution in [3.63, 3.8) is 0 Å². The van der Waals surface area contributed by atoms with Gasteiger partial charge in [-0.25, -0.2) is 4.79 Å². The number of amides is 12. The predicted octanol–water partition coefficient (Wildman–Crippen LogP) is 4.58. The SMILES string of the molecule is CC[C@H](C)[C@@H]([C@@H](CC(=O)N1CCC[C@H]1[C@H](OC)[C@@H](C)C(=O)N[C@@H](Cc1ccccc1)C(=O)N(C)Cc1ccc(NC(=O)[C@H](CCCNC(N)=O)NC(=O)[C@@H](NC(=O)CCC(=O)N2CCC(C(=O)NC(C)C)CC2)C(C)C)cc1)OC)N(C)C(=O)[C@@H](NC(=O)[C@H](C(C)C)N(C)C)C(C)C. The third kappa shape index (κ3) is 24.9. The number of benzene rings is 2. The molecule has 2 aromatic rings. The average molecular weight is 1370 g/mol. The Labute approximate surface area is 581 Å². The molecule has 0 aromatic heterocycles. The number of rotatable bonds is 38. The van der Waals surface area contributed by atoms with Crippen LogP contribution in [0.1, 0.15) is 151 Å². The van der Waals surface area contributed by atoms with Crippen LogP contribution in [0, 0.1) is 35.5 Å². The maximum absolute atomic E-state index is 14.7. The molecule has 12 amide bonds. The van der Waals surface area contributed by atoms with Crippen LogP contribution in [-0.2, 0) is 70.4 Å². The van der Waals surface area contributed by atoms with Gasteiger partial charge in [0.15, 0.2) is 0 Å². The molecule has 9 N–H and O–H groups in total. The minimum absolute atomic E-state index is 0.00682. The lowest BCUT2D eigenvalue weighted by molar-refractivity contribution is -0.148. The molecule has 0 bridgehead atoms. The normalized spacial score (nSPS) is 17.3. The molecule has 0 unspecified atom stereocenters. The van der Waals surface area contributed by atoms with Crippen molar-refractivity contribution in [1.82, 2.24) is 56.4 Å². The average Bonchev–Trinajstić information content (AvgIpc) is 1.54. The zero-order chi connectivity index (χ0) is 73.2. The molecule has 0 aliphatic carbocycles. The minimum Gasteiger partial charge on any atom is -0.379 e. The number of hydrogen-bond acceptors (Lipinski definition) is 14. The summed E-state index contributed by atoms with van der Waals surface area (Å²) in [5, 5.41) is 19.9. The van der Waals surface area contributed by atoms with Crippen LogP contribution in [0.3, 0.4) is 0 Å². The van der Waals surface area contributed by atoms with Crippen molar-refractivity contribution in [2.45, 2.75) is 214 Å². The van der Waals surface area contributed by atoms with Gasteiger partial charge in [0.1, 0.15) is 24.2 Å². The molecule has 98 heavy (non-hydrogen) atoms. The van der Waals surface area contributed by atoms with Crippen LogP contribution in [0.2, 0.25) is 0 Å². The number of carbonyl (C=O) groups is 11. The molecule has 0 saturated carbocycles. The number of likely N-dealkylation sites (N-methyl/N-ethyl adjacent to an activating group) is 3. The Balaban J connectivity index is 1.44. The number of nitrogens with zero attached hydrogens (tertiary/aromatic N) is 5. The number of nitrogens with two attached hydrogens (primary N) is 1. The molecule has 26 nitrogen and oxygen atoms in total. The molecular weight excluding hydrogens is 1250 g/mol. The molecule has 0 radical (unpaired) electrons. The van der Waals surface area contributed by atoms with E-state index in [2.05, 4.69) is 37.2 Å². The summed E-state index contributed by atoms with van der Waals surface area (Å²) in [7, 11) is 10.0. The van der Waals surface area contributed by atoms with E-state index in [0.717, 1.165) is 5.56 Å². The van der Waals surface area contributed by atoms with E-state index in [9.17, 15) is 52.7 Å². The van der Waals surface area contributed by atoms with Crippen molar-refractivity contribution < 1.29 is 62.2 Å². The van der Waals surface area contributed by atoms with Crippen molar-refractivity contribution in [2.75, 3.05) is 73.9 Å². The van der Waals surface area contributed by atoms with Crippen LogP contribution in [0.4, 0.5) is 10.5 Å². The van der Waals surface area contributed by atoms with E-state index in [1.165, 1.54) is 19.1 Å². The molecule has 11 atom stereocenters. The number of piperidine rings is 1. The largest absolute Gasteiger partial charge is 0.379 e. The molecular formula is C72H117N13O13. The van der Waals surface area contributed by atoms with Crippen molar-refractivity contribution in [3.05, 3.63) is 65.7 Å². The fraction of sp³-hybridized carbons (Fsp3) is 0.681. The second kappa shape index (κ2) is 40.4. The van der Waals surface area contributed by atoms with Gasteiger partial charge in [0.25, 0.3) is 0 Å². The number of methoxy groups -OCH3 is 2. The zero-order valence-corrected chi connectivity index (χ0v) is 61.4. The predicted molar refractivity (Wildman–Crippen MR) is 376 cm³/mol. The van der Waals surface area contributed by atoms with E-state index in [4.69, 9.17) is 15.2 Å². The number of urea groups is 1. The number of primary amides is 1. The second-order valence-electron chi connectivity index (χ2n) is 28.2. The molecule has 2 fully saturated rings. The van der Waals surface area contributed by atoms with Gasteiger partial charge < -0.3 is 72.0 Å². The van der Waals surface area contributed by atoms with Crippen LogP contribution in [0.15, 0.2) is 54.6 Å². The first-order chi connectivity index (χ1) is 46.2. The maximum Gasteiger partial charge on any atom is 0.312 e. The highest BCUT2D eigenvalue weighted by Gasteiger charge is 2.44. The number of nitrogens with one attached hydrogen (secondary N) is 7. The van der Waals surface area contributed by atoms with E-state index < -0.39 is 96.0 Å². The van der Waals surface area contributed by atoms with Gasteiger partial charge in [0.05, 0.1) is 42.7 Å². The summed E-state index contributed by atoms with van der Waals surface area (Å²) >= 11 is 0. The van der Waals surface area contributed by atoms with Gasteiger partial charge in [0.2, 0.25) is 59.1 Å². The fourth-order valence-electron chi connectivity index (χ4n) is 13.3. The number of carbonyl (C=O) groups excluding carboxylic acids is 11. The minimum atomic E-state index is -1.13. The summed E-state index contributed by atoms with van der Waals surface area (Å²) in [5.74, 6) is -5.37. The highest BCUT2D eigenvalue weighted by atomic mass is 16.5. The Morgan fingerprint density at radius 2 is 1.26 bits per heavy atom. The quantitative estimate of drug-likeness (QED) is 0.0427. The fourth-order valence-corrected chi connectivity index (χ4v) is 13.3. The standard InChI is InChI=1S/C72H117N13O13/c1-18-47(10)63(83(15)71(95)61(44(4)5)80-69(93)62(45(6)7)81(12)13)56(97-16)41-59(88)85-37-23-27-55(85)64(98-17)48(11)65(89)78-54(40-49-24-20-19-21-25-49)70(94)82(14)42-50-28-30-52(31-29-50)76-67(91)53(26-22-36-74-72(73)96)77-68(92)60(43(2)3)79-57(86)32-33-58(87)84-38-34-51(35-39-84)66(90)75-46(8)9/h19-21,24-25,28-31,43-48,51,53-56,60-64H,18,22-23,26-27,32-42H2,1-17H3,(H,75,90)(H,76,91)(H,77,92)(H,78,89)(H,79,86)(H,80,93)(H3,73,74,96)/t47-,48+,53-,54-,55-,56+,60-,61-,62-,63-,64+/m0/s1. The number of likely N-dealkylation sites (tertiary alicyclic amines) is 2. The maximum atomic E-state index is 14.7. The highest BCUT2D eigenvalue weighted by Crippen LogP contribution is 2.31. The van der Waals surface area contributed by atoms with Crippen LogP contribution < -0.4 is 43.0 Å². The summed E-state index contributed by atoms with van der Waals surface area (Å²) < 4.78 is 12.2. The first-order valence-electron chi connectivity index (χ1n) is 35.0. The lowest BCUT2D eigenvalue weighted by Gasteiger charge is -2.41. The first kappa shape index (κ1) is 82.7. The lowest BCUT2D eigenvalue weighted by Crippen LogP contribution is -2.59. The summed E-state index contributed by atoms with van der Waals surface area (Å²) in [5.41, 5.74) is 7.15. The topological polar surface area (TPSA) is 333 Å².